The summed E-state index contributed by atoms with van der Waals surface area (Å²) in [6.45, 7) is 1.94. The average molecular weight is 326 g/mol. The Morgan fingerprint density at radius 3 is 2.90 bits per heavy atom. The molecule has 0 amide bonds. The van der Waals surface area contributed by atoms with Crippen LogP contribution in [0.25, 0.3) is 0 Å². The van der Waals surface area contributed by atoms with Crippen molar-refractivity contribution in [3.63, 3.8) is 0 Å². The summed E-state index contributed by atoms with van der Waals surface area (Å²) in [5.41, 5.74) is 5.83. The van der Waals surface area contributed by atoms with E-state index in [1.54, 1.807) is 6.33 Å². The molecule has 2 N–H and O–H groups in total. The fourth-order valence-electron chi connectivity index (χ4n) is 2.54. The number of anilines is 2. The summed E-state index contributed by atoms with van der Waals surface area (Å²) in [4.78, 5) is 2.19. The smallest absolute Gasteiger partial charge is 0.187 e. The molecule has 1 saturated carbocycles. The zero-order valence-corrected chi connectivity index (χ0v) is 12.8. The van der Waals surface area contributed by atoms with Gasteiger partial charge in [0, 0.05) is 13.1 Å². The molecule has 8 nitrogen and oxygen atoms in total. The zero-order valence-electron chi connectivity index (χ0n) is 11.1. The minimum atomic E-state index is -3.36. The van der Waals surface area contributed by atoms with Crippen LogP contribution in [0.5, 0.6) is 0 Å². The molecule has 4 rings (SSSR count). The van der Waals surface area contributed by atoms with E-state index in [9.17, 15) is 8.42 Å². The first kappa shape index (κ1) is 13.0. The monoisotopic (exact) mass is 326 g/mol. The van der Waals surface area contributed by atoms with Crippen LogP contribution in [0.3, 0.4) is 0 Å². The minimum absolute atomic E-state index is 0.119. The maximum atomic E-state index is 12.6. The lowest BCUT2D eigenvalue weighted by Crippen LogP contribution is -2.34. The third-order valence-corrected chi connectivity index (χ3v) is 7.20. The van der Waals surface area contributed by atoms with Gasteiger partial charge >= 0.3 is 0 Å². The molecule has 2 aromatic heterocycles. The van der Waals surface area contributed by atoms with E-state index in [4.69, 9.17) is 5.73 Å². The fourth-order valence-corrected chi connectivity index (χ4v) is 5.59. The SMILES string of the molecule is Nc1nsc(N2CCn3cnnc3C2)c1S(=O)(=O)C1CC1. The van der Waals surface area contributed by atoms with Gasteiger partial charge in [0.2, 0.25) is 0 Å². The van der Waals surface area contributed by atoms with E-state index >= 15 is 0 Å². The first-order chi connectivity index (χ1) is 10.1. The molecule has 3 heterocycles. The van der Waals surface area contributed by atoms with Gasteiger partial charge in [-0.3, -0.25) is 0 Å². The van der Waals surface area contributed by atoms with Crippen molar-refractivity contribution in [2.75, 3.05) is 17.2 Å². The number of nitrogens with zero attached hydrogens (tertiary/aromatic N) is 5. The molecule has 0 saturated heterocycles. The van der Waals surface area contributed by atoms with E-state index in [1.165, 1.54) is 0 Å². The molecule has 0 bridgehead atoms. The summed E-state index contributed by atoms with van der Waals surface area (Å²) in [5.74, 6) is 0.942. The number of hydrogen-bond donors (Lipinski definition) is 1. The second kappa shape index (κ2) is 4.41. The fraction of sp³-hybridized carbons (Fsp3) is 0.545. The number of nitrogen functional groups attached to an aromatic ring is 1. The van der Waals surface area contributed by atoms with Crippen LogP contribution in [0.2, 0.25) is 0 Å². The molecule has 0 radical (unpaired) electrons. The average Bonchev–Trinajstić information content (AvgIpc) is 3.10. The highest BCUT2D eigenvalue weighted by Crippen LogP contribution is 2.43. The first-order valence-corrected chi connectivity index (χ1v) is 9.00. The quantitative estimate of drug-likeness (QED) is 0.863. The molecular weight excluding hydrogens is 312 g/mol. The summed E-state index contributed by atoms with van der Waals surface area (Å²) in [5, 5.41) is 8.28. The van der Waals surface area contributed by atoms with Crippen LogP contribution in [0.1, 0.15) is 18.7 Å². The van der Waals surface area contributed by atoms with Crippen molar-refractivity contribution in [2.45, 2.75) is 36.1 Å². The van der Waals surface area contributed by atoms with E-state index in [0.29, 0.717) is 30.9 Å². The summed E-state index contributed by atoms with van der Waals surface area (Å²) in [6.07, 6.45) is 3.12. The van der Waals surface area contributed by atoms with Gasteiger partial charge in [0.15, 0.2) is 21.5 Å². The molecule has 21 heavy (non-hydrogen) atoms. The molecule has 0 unspecified atom stereocenters. The summed E-state index contributed by atoms with van der Waals surface area (Å²) < 4.78 is 31.2. The normalized spacial score (nSPS) is 18.8. The van der Waals surface area contributed by atoms with Crippen LogP contribution < -0.4 is 10.6 Å². The van der Waals surface area contributed by atoms with Crippen LogP contribution >= 0.6 is 11.5 Å². The molecule has 1 aliphatic heterocycles. The molecule has 0 aromatic carbocycles. The number of aromatic nitrogens is 4. The maximum Gasteiger partial charge on any atom is 0.187 e. The first-order valence-electron chi connectivity index (χ1n) is 6.68. The Hall–Kier alpha value is -1.68. The second-order valence-electron chi connectivity index (χ2n) is 5.31. The van der Waals surface area contributed by atoms with Crippen molar-refractivity contribution >= 4 is 32.2 Å². The van der Waals surface area contributed by atoms with Crippen LogP contribution in [-0.2, 0) is 22.9 Å². The third kappa shape index (κ3) is 2.01. The van der Waals surface area contributed by atoms with Crippen molar-refractivity contribution in [2.24, 2.45) is 0 Å². The second-order valence-corrected chi connectivity index (χ2v) is 8.23. The van der Waals surface area contributed by atoms with Gasteiger partial charge in [-0.2, -0.15) is 4.37 Å². The number of nitrogens with two attached hydrogens (primary N) is 1. The predicted molar refractivity (Wildman–Crippen MR) is 77.8 cm³/mol. The van der Waals surface area contributed by atoms with Gasteiger partial charge in [0.1, 0.15) is 16.2 Å². The highest BCUT2D eigenvalue weighted by Gasteiger charge is 2.42. The number of hydrogen-bond acceptors (Lipinski definition) is 8. The molecule has 10 heteroatoms. The van der Waals surface area contributed by atoms with Gasteiger partial charge < -0.3 is 15.2 Å². The summed E-state index contributed by atoms with van der Waals surface area (Å²) in [7, 11) is -3.36. The maximum absolute atomic E-state index is 12.6. The molecule has 1 aliphatic carbocycles. The Labute approximate surface area is 125 Å². The van der Waals surface area contributed by atoms with E-state index in [-0.39, 0.29) is 16.0 Å². The Morgan fingerprint density at radius 2 is 2.14 bits per heavy atom. The Bertz CT molecular complexity index is 791. The molecule has 2 aromatic rings. The third-order valence-electron chi connectivity index (χ3n) is 3.83. The lowest BCUT2D eigenvalue weighted by Gasteiger charge is -2.28. The van der Waals surface area contributed by atoms with Gasteiger partial charge in [-0.05, 0) is 24.4 Å². The highest BCUT2D eigenvalue weighted by atomic mass is 32.2. The molecule has 0 atom stereocenters. The summed E-state index contributed by atoms with van der Waals surface area (Å²) in [6, 6.07) is 0. The van der Waals surface area contributed by atoms with Crippen LogP contribution in [0.15, 0.2) is 11.2 Å². The van der Waals surface area contributed by atoms with Crippen molar-refractivity contribution in [3.8, 4) is 0 Å². The standard InChI is InChI=1S/C11H14N6O2S2/c12-10-9(21(18,19)7-1-2-7)11(20-15-10)16-3-4-17-6-13-14-8(17)5-16/h6-7H,1-5H2,(H2,12,15). The number of rotatable bonds is 3. The Kier molecular flexibility index (Phi) is 2.73. The van der Waals surface area contributed by atoms with Crippen molar-refractivity contribution in [1.82, 2.24) is 19.1 Å². The molecule has 1 fully saturated rings. The lowest BCUT2D eigenvalue weighted by molar-refractivity contribution is 0.558. The Morgan fingerprint density at radius 1 is 1.33 bits per heavy atom. The highest BCUT2D eigenvalue weighted by molar-refractivity contribution is 7.92. The minimum Gasteiger partial charge on any atom is -0.382 e. The lowest BCUT2D eigenvalue weighted by atomic mass is 10.3. The topological polar surface area (TPSA) is 107 Å². The van der Waals surface area contributed by atoms with E-state index in [0.717, 1.165) is 23.9 Å². The molecule has 2 aliphatic rings. The van der Waals surface area contributed by atoms with Crippen LogP contribution in [0.4, 0.5) is 10.8 Å². The van der Waals surface area contributed by atoms with E-state index < -0.39 is 9.84 Å². The molecule has 0 spiro atoms. The van der Waals surface area contributed by atoms with Gasteiger partial charge in [-0.25, -0.2) is 8.42 Å². The zero-order chi connectivity index (χ0) is 14.6. The van der Waals surface area contributed by atoms with Crippen LogP contribution in [-0.4, -0.2) is 39.4 Å². The van der Waals surface area contributed by atoms with Gasteiger partial charge in [-0.1, -0.05) is 0 Å². The number of sulfone groups is 1. The molecule has 112 valence electrons. The van der Waals surface area contributed by atoms with E-state index in [2.05, 4.69) is 14.6 Å². The van der Waals surface area contributed by atoms with Crippen molar-refractivity contribution in [1.29, 1.82) is 0 Å². The van der Waals surface area contributed by atoms with Gasteiger partial charge in [0.25, 0.3) is 0 Å². The van der Waals surface area contributed by atoms with Crippen LogP contribution in [0, 0.1) is 0 Å². The van der Waals surface area contributed by atoms with Gasteiger partial charge in [-0.15, -0.1) is 10.2 Å². The number of fused-ring (bicyclic) bond motifs is 1. The van der Waals surface area contributed by atoms with E-state index in [1.807, 2.05) is 9.47 Å². The molecular formula is C11H14N6O2S2. The predicted octanol–water partition coefficient (Wildman–Crippen LogP) is 0.273. The Balaban J connectivity index is 1.74. The summed E-state index contributed by atoms with van der Waals surface area (Å²) >= 11 is 1.15. The largest absolute Gasteiger partial charge is 0.382 e. The van der Waals surface area contributed by atoms with Gasteiger partial charge in [0.05, 0.1) is 11.8 Å². The van der Waals surface area contributed by atoms with Crippen molar-refractivity contribution < 1.29 is 8.42 Å². The van der Waals surface area contributed by atoms with Crippen molar-refractivity contribution in [3.05, 3.63) is 12.2 Å².